The third-order valence-corrected chi connectivity index (χ3v) is 8.18. The van der Waals surface area contributed by atoms with E-state index in [1.165, 1.54) is 25.7 Å². The minimum Gasteiger partial charge on any atom is -0.203 e. The molecular formula is C29H36F4. The summed E-state index contributed by atoms with van der Waals surface area (Å²) in [6, 6.07) is 3.36. The maximum Gasteiger partial charge on any atom is 0.167 e. The SMILES string of the molecule is CCC(CC)c1cc2c(c(F)c1F)-c1c(cc(CCCCC3CCC(C)CC3)c(F)c1F)C2. The lowest BCUT2D eigenvalue weighted by Crippen LogP contribution is -2.12. The Hall–Kier alpha value is -1.84. The number of hydrogen-bond acceptors (Lipinski definition) is 0. The average Bonchev–Trinajstić information content (AvgIpc) is 3.18. The molecule has 1 saturated carbocycles. The van der Waals surface area contributed by atoms with Crippen LogP contribution in [0.3, 0.4) is 0 Å². The van der Waals surface area contributed by atoms with Crippen molar-refractivity contribution < 1.29 is 17.6 Å². The van der Waals surface area contributed by atoms with Gasteiger partial charge < -0.3 is 0 Å². The molecule has 0 saturated heterocycles. The standard InChI is InChI=1S/C29H36F4/c1-4-19(5-2)23-16-22-15-21-14-20(9-7-6-8-18-12-10-17(3)11-13-18)26(30)28(32)24(21)25(22)29(33)27(23)31/h14,16-19H,4-13,15H2,1-3H3. The number of halogens is 4. The molecule has 1 fully saturated rings. The first-order chi connectivity index (χ1) is 15.8. The van der Waals surface area contributed by atoms with E-state index in [0.29, 0.717) is 47.9 Å². The maximum absolute atomic E-state index is 15.1. The van der Waals surface area contributed by atoms with Crippen molar-refractivity contribution in [2.45, 2.75) is 97.3 Å². The number of rotatable bonds is 8. The van der Waals surface area contributed by atoms with E-state index < -0.39 is 23.3 Å². The van der Waals surface area contributed by atoms with Crippen molar-refractivity contribution in [1.29, 1.82) is 0 Å². The number of aryl methyl sites for hydroxylation is 1. The number of benzene rings is 2. The summed E-state index contributed by atoms with van der Waals surface area (Å²) in [4.78, 5) is 0. The van der Waals surface area contributed by atoms with Gasteiger partial charge in [0, 0.05) is 11.1 Å². The van der Waals surface area contributed by atoms with Gasteiger partial charge in [-0.2, -0.15) is 0 Å². The molecule has 0 nitrogen and oxygen atoms in total. The van der Waals surface area contributed by atoms with Crippen LogP contribution in [0.2, 0.25) is 0 Å². The van der Waals surface area contributed by atoms with Crippen molar-refractivity contribution in [3.8, 4) is 11.1 Å². The summed E-state index contributed by atoms with van der Waals surface area (Å²) in [5, 5.41) is 0. The van der Waals surface area contributed by atoms with E-state index in [9.17, 15) is 8.78 Å². The lowest BCUT2D eigenvalue weighted by atomic mass is 9.80. The first-order valence-corrected chi connectivity index (χ1v) is 12.9. The number of hydrogen-bond donors (Lipinski definition) is 0. The van der Waals surface area contributed by atoms with Crippen LogP contribution in [0.4, 0.5) is 17.6 Å². The summed E-state index contributed by atoms with van der Waals surface area (Å²) in [7, 11) is 0. The molecule has 0 radical (unpaired) electrons. The fraction of sp³-hybridized carbons (Fsp3) is 0.586. The lowest BCUT2D eigenvalue weighted by Gasteiger charge is -2.26. The van der Waals surface area contributed by atoms with Crippen LogP contribution < -0.4 is 0 Å². The highest BCUT2D eigenvalue weighted by Gasteiger charge is 2.32. The van der Waals surface area contributed by atoms with E-state index in [2.05, 4.69) is 6.92 Å². The summed E-state index contributed by atoms with van der Waals surface area (Å²) in [5.74, 6) is -2.39. The zero-order valence-electron chi connectivity index (χ0n) is 20.2. The third kappa shape index (κ3) is 4.72. The van der Waals surface area contributed by atoms with E-state index in [4.69, 9.17) is 0 Å². The van der Waals surface area contributed by atoms with Gasteiger partial charge in [0.2, 0.25) is 0 Å². The highest BCUT2D eigenvalue weighted by Crippen LogP contribution is 2.45. The highest BCUT2D eigenvalue weighted by atomic mass is 19.2. The first kappa shape index (κ1) is 24.3. The smallest absolute Gasteiger partial charge is 0.167 e. The van der Waals surface area contributed by atoms with Gasteiger partial charge in [-0.25, -0.2) is 17.6 Å². The summed E-state index contributed by atoms with van der Waals surface area (Å²) in [6.07, 6.45) is 10.3. The van der Waals surface area contributed by atoms with Crippen molar-refractivity contribution in [2.24, 2.45) is 11.8 Å². The fourth-order valence-electron chi connectivity index (χ4n) is 6.04. The second-order valence-corrected chi connectivity index (χ2v) is 10.4. The van der Waals surface area contributed by atoms with Gasteiger partial charge in [-0.1, -0.05) is 71.4 Å². The van der Waals surface area contributed by atoms with Crippen LogP contribution in [-0.4, -0.2) is 0 Å². The van der Waals surface area contributed by atoms with Crippen LogP contribution in [0.15, 0.2) is 12.1 Å². The van der Waals surface area contributed by atoms with Crippen molar-refractivity contribution in [3.05, 3.63) is 57.7 Å². The molecule has 4 heteroatoms. The normalized spacial score (nSPS) is 19.8. The predicted molar refractivity (Wildman–Crippen MR) is 127 cm³/mol. The van der Waals surface area contributed by atoms with E-state index in [-0.39, 0.29) is 17.0 Å². The van der Waals surface area contributed by atoms with Crippen LogP contribution in [0, 0.1) is 35.1 Å². The van der Waals surface area contributed by atoms with E-state index in [1.807, 2.05) is 13.8 Å². The lowest BCUT2D eigenvalue weighted by molar-refractivity contribution is 0.272. The Kier molecular flexibility index (Phi) is 7.50. The zero-order valence-corrected chi connectivity index (χ0v) is 20.2. The Morgan fingerprint density at radius 1 is 0.788 bits per heavy atom. The topological polar surface area (TPSA) is 0 Å². The first-order valence-electron chi connectivity index (χ1n) is 12.9. The molecule has 0 aromatic heterocycles. The van der Waals surface area contributed by atoms with Gasteiger partial charge in [-0.05, 0) is 72.1 Å². The summed E-state index contributed by atoms with van der Waals surface area (Å²) < 4.78 is 60.0. The number of unbranched alkanes of at least 4 members (excludes halogenated alkanes) is 1. The Bertz CT molecular complexity index is 998. The van der Waals surface area contributed by atoms with Gasteiger partial charge in [0.25, 0.3) is 0 Å². The van der Waals surface area contributed by atoms with Gasteiger partial charge >= 0.3 is 0 Å². The second-order valence-electron chi connectivity index (χ2n) is 10.4. The van der Waals surface area contributed by atoms with Crippen LogP contribution in [0.5, 0.6) is 0 Å². The summed E-state index contributed by atoms with van der Waals surface area (Å²) in [6.45, 7) is 6.21. The van der Waals surface area contributed by atoms with Crippen molar-refractivity contribution >= 4 is 0 Å². The molecule has 0 amide bonds. The summed E-state index contributed by atoms with van der Waals surface area (Å²) in [5.41, 5.74) is 1.66. The Labute approximate surface area is 195 Å². The molecule has 180 valence electrons. The molecule has 0 atom stereocenters. The molecule has 0 unspecified atom stereocenters. The monoisotopic (exact) mass is 460 g/mol. The molecule has 0 spiro atoms. The largest absolute Gasteiger partial charge is 0.203 e. The number of fused-ring (bicyclic) bond motifs is 3. The fourth-order valence-corrected chi connectivity index (χ4v) is 6.04. The molecule has 2 aliphatic carbocycles. The van der Waals surface area contributed by atoms with Gasteiger partial charge in [0.05, 0.1) is 0 Å². The van der Waals surface area contributed by atoms with Gasteiger partial charge in [-0.3, -0.25) is 0 Å². The molecule has 4 rings (SSSR count). The second kappa shape index (κ2) is 10.2. The van der Waals surface area contributed by atoms with Gasteiger partial charge in [0.1, 0.15) is 0 Å². The molecule has 0 N–H and O–H groups in total. The molecule has 0 aliphatic heterocycles. The van der Waals surface area contributed by atoms with Crippen molar-refractivity contribution in [1.82, 2.24) is 0 Å². The van der Waals surface area contributed by atoms with Crippen molar-refractivity contribution in [2.75, 3.05) is 0 Å². The average molecular weight is 461 g/mol. The Morgan fingerprint density at radius 2 is 1.39 bits per heavy atom. The highest BCUT2D eigenvalue weighted by molar-refractivity contribution is 5.79. The molecule has 0 heterocycles. The molecular weight excluding hydrogens is 424 g/mol. The minimum atomic E-state index is -1.04. The third-order valence-electron chi connectivity index (χ3n) is 8.18. The predicted octanol–water partition coefficient (Wildman–Crippen LogP) is 9.26. The van der Waals surface area contributed by atoms with Gasteiger partial charge in [0.15, 0.2) is 23.3 Å². The van der Waals surface area contributed by atoms with E-state index in [0.717, 1.165) is 31.1 Å². The molecule has 2 aliphatic rings. The summed E-state index contributed by atoms with van der Waals surface area (Å²) >= 11 is 0. The quantitative estimate of drug-likeness (QED) is 0.232. The van der Waals surface area contributed by atoms with E-state index in [1.54, 1.807) is 12.1 Å². The van der Waals surface area contributed by atoms with E-state index >= 15 is 8.78 Å². The zero-order chi connectivity index (χ0) is 23.7. The van der Waals surface area contributed by atoms with Crippen LogP contribution >= 0.6 is 0 Å². The minimum absolute atomic E-state index is 0.0852. The van der Waals surface area contributed by atoms with Crippen LogP contribution in [0.1, 0.15) is 107 Å². The Morgan fingerprint density at radius 3 is 2.03 bits per heavy atom. The molecule has 2 aromatic rings. The van der Waals surface area contributed by atoms with Crippen molar-refractivity contribution in [3.63, 3.8) is 0 Å². The maximum atomic E-state index is 15.1. The molecule has 33 heavy (non-hydrogen) atoms. The van der Waals surface area contributed by atoms with Crippen LogP contribution in [0.25, 0.3) is 11.1 Å². The molecule has 2 aromatic carbocycles. The molecule has 0 bridgehead atoms. The van der Waals surface area contributed by atoms with Gasteiger partial charge in [-0.15, -0.1) is 0 Å². The van der Waals surface area contributed by atoms with Crippen LogP contribution in [-0.2, 0) is 12.8 Å². The Balaban J connectivity index is 1.52.